The molecule has 1 aromatic rings. The fourth-order valence-electron chi connectivity index (χ4n) is 2.38. The van der Waals surface area contributed by atoms with E-state index in [1.54, 1.807) is 6.07 Å². The van der Waals surface area contributed by atoms with Crippen LogP contribution in [0, 0.1) is 5.41 Å². The van der Waals surface area contributed by atoms with Gasteiger partial charge in [-0.2, -0.15) is 0 Å². The van der Waals surface area contributed by atoms with E-state index in [1.807, 2.05) is 0 Å². The lowest BCUT2D eigenvalue weighted by molar-refractivity contribution is 0.0750. The summed E-state index contributed by atoms with van der Waals surface area (Å²) in [6.07, 6.45) is 5.45. The molecule has 0 atom stereocenters. The van der Waals surface area contributed by atoms with Gasteiger partial charge in [-0.05, 0) is 18.9 Å². The second kappa shape index (κ2) is 4.67. The molecular formula is C12H14Cl2OS. The highest BCUT2D eigenvalue weighted by molar-refractivity contribution is 7.20. The SMILES string of the molecule is CC1(C(=O)c2cc(Cl)sc2Cl)CCCCC1. The fraction of sp³-hybridized carbons (Fsp3) is 0.583. The fourth-order valence-corrected chi connectivity index (χ4v) is 3.84. The highest BCUT2D eigenvalue weighted by Gasteiger charge is 2.36. The Hall–Kier alpha value is -0.0500. The van der Waals surface area contributed by atoms with Crippen LogP contribution in [0.25, 0.3) is 0 Å². The van der Waals surface area contributed by atoms with Crippen molar-refractivity contribution in [2.45, 2.75) is 39.0 Å². The number of halogens is 2. The Balaban J connectivity index is 2.27. The molecule has 1 aliphatic rings. The predicted octanol–water partition coefficient (Wildman–Crippen LogP) is 5.21. The molecule has 1 aliphatic carbocycles. The van der Waals surface area contributed by atoms with Gasteiger partial charge < -0.3 is 0 Å². The minimum Gasteiger partial charge on any atom is -0.293 e. The van der Waals surface area contributed by atoms with E-state index in [9.17, 15) is 4.79 Å². The van der Waals surface area contributed by atoms with Gasteiger partial charge >= 0.3 is 0 Å². The second-order valence-corrected chi connectivity index (χ2v) is 6.97. The maximum absolute atomic E-state index is 12.4. The summed E-state index contributed by atoms with van der Waals surface area (Å²) in [4.78, 5) is 12.4. The summed E-state index contributed by atoms with van der Waals surface area (Å²) in [6.45, 7) is 2.05. The third kappa shape index (κ3) is 2.29. The van der Waals surface area contributed by atoms with Gasteiger partial charge in [0.25, 0.3) is 0 Å². The van der Waals surface area contributed by atoms with Gasteiger partial charge in [0.1, 0.15) is 4.34 Å². The lowest BCUT2D eigenvalue weighted by Gasteiger charge is -2.31. The summed E-state index contributed by atoms with van der Waals surface area (Å²) < 4.78 is 1.12. The Morgan fingerprint density at radius 1 is 1.31 bits per heavy atom. The number of thiophene rings is 1. The zero-order valence-electron chi connectivity index (χ0n) is 9.19. The van der Waals surface area contributed by atoms with E-state index in [2.05, 4.69) is 6.92 Å². The van der Waals surface area contributed by atoms with E-state index < -0.39 is 0 Å². The molecule has 0 amide bonds. The van der Waals surface area contributed by atoms with Crippen LogP contribution in [0.4, 0.5) is 0 Å². The van der Waals surface area contributed by atoms with Crippen LogP contribution >= 0.6 is 34.5 Å². The summed E-state index contributed by atoms with van der Waals surface area (Å²) in [6, 6.07) is 1.71. The molecule has 4 heteroatoms. The van der Waals surface area contributed by atoms with Crippen LogP contribution in [0.1, 0.15) is 49.4 Å². The maximum atomic E-state index is 12.4. The van der Waals surface area contributed by atoms with Crippen LogP contribution in [0.2, 0.25) is 8.67 Å². The van der Waals surface area contributed by atoms with Crippen LogP contribution < -0.4 is 0 Å². The second-order valence-electron chi connectivity index (χ2n) is 4.69. The minimum absolute atomic E-state index is 0.167. The summed E-state index contributed by atoms with van der Waals surface area (Å²) >= 11 is 13.2. The molecule has 2 rings (SSSR count). The van der Waals surface area contributed by atoms with Crippen molar-refractivity contribution in [3.05, 3.63) is 20.3 Å². The zero-order chi connectivity index (χ0) is 11.8. The van der Waals surface area contributed by atoms with Gasteiger partial charge in [-0.1, -0.05) is 49.4 Å². The standard InChI is InChI=1S/C12H14Cl2OS/c1-12(5-3-2-4-6-12)10(15)8-7-9(13)16-11(8)14/h7H,2-6H2,1H3. The van der Waals surface area contributed by atoms with Crippen molar-refractivity contribution in [3.63, 3.8) is 0 Å². The van der Waals surface area contributed by atoms with E-state index in [4.69, 9.17) is 23.2 Å². The number of carbonyl (C=O) groups excluding carboxylic acids is 1. The monoisotopic (exact) mass is 276 g/mol. The summed E-state index contributed by atoms with van der Waals surface area (Å²) in [5, 5.41) is 0. The average molecular weight is 277 g/mol. The van der Waals surface area contributed by atoms with Gasteiger partial charge in [0.2, 0.25) is 0 Å². The molecule has 1 nitrogen and oxygen atoms in total. The number of hydrogen-bond donors (Lipinski definition) is 0. The third-order valence-corrected chi connectivity index (χ3v) is 4.89. The molecule has 0 N–H and O–H groups in total. The Labute approximate surface area is 110 Å². The number of carbonyl (C=O) groups is 1. The highest BCUT2D eigenvalue weighted by atomic mass is 35.5. The molecule has 0 saturated heterocycles. The lowest BCUT2D eigenvalue weighted by Crippen LogP contribution is -2.30. The van der Waals surface area contributed by atoms with Gasteiger partial charge in [-0.3, -0.25) is 4.79 Å². The van der Waals surface area contributed by atoms with Crippen LogP contribution in [0.5, 0.6) is 0 Å². The van der Waals surface area contributed by atoms with Crippen molar-refractivity contribution in [2.24, 2.45) is 5.41 Å². The number of rotatable bonds is 2. The first-order valence-corrected chi connectivity index (χ1v) is 7.10. The topological polar surface area (TPSA) is 17.1 Å². The van der Waals surface area contributed by atoms with E-state index in [1.165, 1.54) is 17.8 Å². The Bertz CT molecular complexity index is 405. The zero-order valence-corrected chi connectivity index (χ0v) is 11.5. The number of hydrogen-bond acceptors (Lipinski definition) is 2. The van der Waals surface area contributed by atoms with Gasteiger partial charge in [0.15, 0.2) is 5.78 Å². The van der Waals surface area contributed by atoms with Crippen molar-refractivity contribution in [2.75, 3.05) is 0 Å². The molecular weight excluding hydrogens is 263 g/mol. The molecule has 0 aromatic carbocycles. The molecule has 0 radical (unpaired) electrons. The molecule has 0 spiro atoms. The van der Waals surface area contributed by atoms with Crippen LogP contribution in [0.3, 0.4) is 0 Å². The first kappa shape index (κ1) is 12.4. The summed E-state index contributed by atoms with van der Waals surface area (Å²) in [5.74, 6) is 0.167. The van der Waals surface area contributed by atoms with E-state index >= 15 is 0 Å². The lowest BCUT2D eigenvalue weighted by atomic mass is 9.71. The van der Waals surface area contributed by atoms with Gasteiger partial charge in [0.05, 0.1) is 4.34 Å². The molecule has 1 aromatic heterocycles. The number of Topliss-reactive ketones (excluding diaryl/α,β-unsaturated/α-hetero) is 1. The smallest absolute Gasteiger partial charge is 0.171 e. The van der Waals surface area contributed by atoms with Crippen molar-refractivity contribution >= 4 is 40.3 Å². The third-order valence-electron chi connectivity index (χ3n) is 3.41. The van der Waals surface area contributed by atoms with E-state index in [-0.39, 0.29) is 11.2 Å². The van der Waals surface area contributed by atoms with Crippen molar-refractivity contribution in [1.82, 2.24) is 0 Å². The molecule has 0 unspecified atom stereocenters. The molecule has 88 valence electrons. The van der Waals surface area contributed by atoms with Crippen LogP contribution in [-0.2, 0) is 0 Å². The molecule has 16 heavy (non-hydrogen) atoms. The predicted molar refractivity (Wildman–Crippen MR) is 69.9 cm³/mol. The van der Waals surface area contributed by atoms with E-state index in [0.717, 1.165) is 25.7 Å². The molecule has 0 bridgehead atoms. The minimum atomic E-state index is -0.230. The Kier molecular flexibility index (Phi) is 3.62. The normalized spacial score (nSPS) is 19.7. The molecule has 1 fully saturated rings. The van der Waals surface area contributed by atoms with Crippen molar-refractivity contribution in [3.8, 4) is 0 Å². The van der Waals surface area contributed by atoms with Crippen molar-refractivity contribution < 1.29 is 4.79 Å². The van der Waals surface area contributed by atoms with Crippen LogP contribution in [-0.4, -0.2) is 5.78 Å². The largest absolute Gasteiger partial charge is 0.293 e. The van der Waals surface area contributed by atoms with E-state index in [0.29, 0.717) is 14.2 Å². The van der Waals surface area contributed by atoms with Crippen LogP contribution in [0.15, 0.2) is 6.07 Å². The first-order valence-electron chi connectivity index (χ1n) is 5.52. The quantitative estimate of drug-likeness (QED) is 0.678. The Morgan fingerprint density at radius 3 is 2.44 bits per heavy atom. The Morgan fingerprint density at radius 2 is 1.94 bits per heavy atom. The number of ketones is 1. The summed E-state index contributed by atoms with van der Waals surface area (Å²) in [7, 11) is 0. The average Bonchev–Trinajstić information content (AvgIpc) is 2.58. The molecule has 1 saturated carbocycles. The maximum Gasteiger partial charge on any atom is 0.171 e. The van der Waals surface area contributed by atoms with Gasteiger partial charge in [-0.25, -0.2) is 0 Å². The van der Waals surface area contributed by atoms with Gasteiger partial charge in [-0.15, -0.1) is 11.3 Å². The highest BCUT2D eigenvalue weighted by Crippen LogP contribution is 2.42. The molecule has 0 aliphatic heterocycles. The molecule has 1 heterocycles. The van der Waals surface area contributed by atoms with Gasteiger partial charge in [0, 0.05) is 11.0 Å². The summed E-state index contributed by atoms with van der Waals surface area (Å²) in [5.41, 5.74) is 0.382. The van der Waals surface area contributed by atoms with Crippen molar-refractivity contribution in [1.29, 1.82) is 0 Å². The first-order chi connectivity index (χ1) is 7.53.